The van der Waals surface area contributed by atoms with E-state index in [1.54, 1.807) is 31.2 Å². The maximum Gasteiger partial charge on any atom is 0.586 e. The van der Waals surface area contributed by atoms with Gasteiger partial charge in [-0.15, -0.1) is 8.78 Å². The number of aryl methyl sites for hydroxylation is 2. The third-order valence-electron chi connectivity index (χ3n) is 4.63. The van der Waals surface area contributed by atoms with Crippen LogP contribution in [0.1, 0.15) is 33.7 Å². The van der Waals surface area contributed by atoms with Crippen molar-refractivity contribution in [3.8, 4) is 22.6 Å². The summed E-state index contributed by atoms with van der Waals surface area (Å²) >= 11 is 0. The van der Waals surface area contributed by atoms with Crippen LogP contribution in [0.3, 0.4) is 0 Å². The molecule has 0 bridgehead atoms. The van der Waals surface area contributed by atoms with E-state index in [2.05, 4.69) is 14.8 Å². The molecule has 5 nitrogen and oxygen atoms in total. The van der Waals surface area contributed by atoms with Gasteiger partial charge in [0.15, 0.2) is 17.3 Å². The molecule has 0 radical (unpaired) electrons. The lowest BCUT2D eigenvalue weighted by molar-refractivity contribution is -0.286. The van der Waals surface area contributed by atoms with Crippen molar-refractivity contribution in [3.63, 3.8) is 0 Å². The quantitative estimate of drug-likeness (QED) is 0.519. The predicted molar refractivity (Wildman–Crippen MR) is 99.2 cm³/mol. The third-order valence-corrected chi connectivity index (χ3v) is 4.63. The Labute approximate surface area is 168 Å². The first-order valence-electron chi connectivity index (χ1n) is 8.83. The Morgan fingerprint density at radius 3 is 2.27 bits per heavy atom. The zero-order chi connectivity index (χ0) is 21.6. The first-order valence-corrected chi connectivity index (χ1v) is 8.83. The number of furan rings is 1. The van der Waals surface area contributed by atoms with E-state index in [4.69, 9.17) is 4.42 Å². The van der Waals surface area contributed by atoms with E-state index in [1.165, 1.54) is 19.1 Å². The molecule has 1 aromatic heterocycles. The summed E-state index contributed by atoms with van der Waals surface area (Å²) < 4.78 is 66.3. The van der Waals surface area contributed by atoms with Gasteiger partial charge in [-0.2, -0.15) is 0 Å². The molecule has 2 aromatic carbocycles. The Morgan fingerprint density at radius 1 is 1.00 bits per heavy atom. The Balaban J connectivity index is 1.56. The highest BCUT2D eigenvalue weighted by Gasteiger charge is 2.43. The largest absolute Gasteiger partial charge is 0.586 e. The molecule has 0 fully saturated rings. The number of carbonyl (C=O) groups is 1. The third kappa shape index (κ3) is 3.58. The number of nitrogens with one attached hydrogen (secondary N) is 1. The van der Waals surface area contributed by atoms with Gasteiger partial charge >= 0.3 is 6.29 Å². The first-order chi connectivity index (χ1) is 14.1. The number of benzene rings is 2. The topological polar surface area (TPSA) is 60.7 Å². The highest BCUT2D eigenvalue weighted by atomic mass is 19.3. The van der Waals surface area contributed by atoms with Crippen LogP contribution in [0.5, 0.6) is 11.5 Å². The summed E-state index contributed by atoms with van der Waals surface area (Å²) in [7, 11) is 0. The number of fused-ring (bicyclic) bond motifs is 1. The molecule has 9 heteroatoms. The van der Waals surface area contributed by atoms with Crippen molar-refractivity contribution < 1.29 is 36.2 Å². The summed E-state index contributed by atoms with van der Waals surface area (Å²) in [5, 5.41) is 2.55. The molecular weight excluding hydrogens is 406 g/mol. The normalized spacial score (nSPS) is 14.2. The molecule has 1 aliphatic rings. The van der Waals surface area contributed by atoms with Gasteiger partial charge in [-0.25, -0.2) is 8.78 Å². The van der Waals surface area contributed by atoms with Crippen LogP contribution in [0.15, 0.2) is 47.1 Å². The van der Waals surface area contributed by atoms with E-state index in [0.29, 0.717) is 27.9 Å². The van der Waals surface area contributed by atoms with E-state index in [9.17, 15) is 22.4 Å². The average Bonchev–Trinajstić information content (AvgIpc) is 3.19. The zero-order valence-electron chi connectivity index (χ0n) is 15.8. The fraction of sp³-hybridized carbons (Fsp3) is 0.190. The van der Waals surface area contributed by atoms with Crippen molar-refractivity contribution in [1.82, 2.24) is 0 Å². The van der Waals surface area contributed by atoms with Gasteiger partial charge in [0.05, 0.1) is 11.8 Å². The van der Waals surface area contributed by atoms with Gasteiger partial charge in [-0.05, 0) is 54.8 Å². The Hall–Kier alpha value is -3.49. The minimum atomic E-state index is -3.70. The second kappa shape index (κ2) is 7.08. The van der Waals surface area contributed by atoms with Crippen molar-refractivity contribution in [3.05, 3.63) is 65.1 Å². The Morgan fingerprint density at radius 2 is 1.63 bits per heavy atom. The maximum atomic E-state index is 13.3. The van der Waals surface area contributed by atoms with Crippen LogP contribution in [0.25, 0.3) is 11.1 Å². The lowest BCUT2D eigenvalue weighted by Gasteiger charge is -2.10. The van der Waals surface area contributed by atoms with E-state index >= 15 is 0 Å². The van der Waals surface area contributed by atoms with Crippen molar-refractivity contribution >= 4 is 11.6 Å². The average molecular weight is 421 g/mol. The molecule has 0 atom stereocenters. The van der Waals surface area contributed by atoms with Crippen LogP contribution >= 0.6 is 0 Å². The maximum absolute atomic E-state index is 13.3. The summed E-state index contributed by atoms with van der Waals surface area (Å²) in [6, 6.07) is 9.37. The van der Waals surface area contributed by atoms with E-state index < -0.39 is 24.4 Å². The van der Waals surface area contributed by atoms with Gasteiger partial charge in [-0.3, -0.25) is 4.79 Å². The summed E-state index contributed by atoms with van der Waals surface area (Å²) in [5.74, 6) is -1.52. The van der Waals surface area contributed by atoms with Gasteiger partial charge in [0, 0.05) is 11.3 Å². The highest BCUT2D eigenvalue weighted by molar-refractivity contribution is 6.06. The molecule has 1 aliphatic heterocycles. The lowest BCUT2D eigenvalue weighted by atomic mass is 9.99. The number of ether oxygens (including phenoxy) is 2. The molecule has 2 heterocycles. The molecule has 1 amide bonds. The summed E-state index contributed by atoms with van der Waals surface area (Å²) in [6.07, 6.45) is -5.52. The second-order valence-electron chi connectivity index (χ2n) is 6.77. The van der Waals surface area contributed by atoms with Crippen LogP contribution in [-0.4, -0.2) is 12.2 Å². The summed E-state index contributed by atoms with van der Waals surface area (Å²) in [6.45, 7) is 3.23. The molecule has 4 rings (SSSR count). The van der Waals surface area contributed by atoms with E-state index in [-0.39, 0.29) is 17.1 Å². The summed E-state index contributed by atoms with van der Waals surface area (Å²) in [4.78, 5) is 12.4. The number of amides is 1. The standard InChI is InChI=1S/C21H15F4NO4/c1-10-7-15-16(30-21(24,25)29-15)8-14(10)12-3-5-13(6-4-12)26-20(27)17-11(2)9-28-18(17)19(22)23/h3-9,19H,1-2H3,(H,26,27). The SMILES string of the molecule is Cc1cc2c(cc1-c1ccc(NC(=O)c3c(C)coc3C(F)F)cc1)OC(F)(F)O2. The van der Waals surface area contributed by atoms with Crippen LogP contribution in [0.4, 0.5) is 23.2 Å². The molecular formula is C21H15F4NO4. The minimum absolute atomic E-state index is 0.0459. The number of carbonyl (C=O) groups excluding carboxylic acids is 1. The molecule has 0 aliphatic carbocycles. The molecule has 156 valence electrons. The lowest BCUT2D eigenvalue weighted by Crippen LogP contribution is -2.25. The van der Waals surface area contributed by atoms with Gasteiger partial charge in [0.25, 0.3) is 12.3 Å². The predicted octanol–water partition coefficient (Wildman–Crippen LogP) is 6.07. The molecule has 3 aromatic rings. The number of hydrogen-bond donors (Lipinski definition) is 1. The van der Waals surface area contributed by atoms with Crippen LogP contribution in [0, 0.1) is 13.8 Å². The van der Waals surface area contributed by atoms with Gasteiger partial charge < -0.3 is 19.2 Å². The molecule has 0 saturated heterocycles. The highest BCUT2D eigenvalue weighted by Crippen LogP contribution is 2.44. The van der Waals surface area contributed by atoms with Crippen LogP contribution < -0.4 is 14.8 Å². The Kier molecular flexibility index (Phi) is 4.68. The summed E-state index contributed by atoms with van der Waals surface area (Å²) in [5.41, 5.74) is 2.46. The van der Waals surface area contributed by atoms with E-state index in [0.717, 1.165) is 6.26 Å². The number of rotatable bonds is 4. The molecule has 0 spiro atoms. The number of hydrogen-bond acceptors (Lipinski definition) is 4. The zero-order valence-corrected chi connectivity index (χ0v) is 15.8. The van der Waals surface area contributed by atoms with Crippen molar-refractivity contribution in [2.75, 3.05) is 5.32 Å². The number of alkyl halides is 4. The van der Waals surface area contributed by atoms with E-state index in [1.807, 2.05) is 0 Å². The smallest absolute Gasteiger partial charge is 0.462 e. The molecule has 30 heavy (non-hydrogen) atoms. The fourth-order valence-electron chi connectivity index (χ4n) is 3.25. The van der Waals surface area contributed by atoms with Crippen molar-refractivity contribution in [2.24, 2.45) is 0 Å². The molecule has 1 N–H and O–H groups in total. The Bertz CT molecular complexity index is 1120. The van der Waals surface area contributed by atoms with Gasteiger partial charge in [0.2, 0.25) is 0 Å². The molecule has 0 saturated carbocycles. The fourth-order valence-corrected chi connectivity index (χ4v) is 3.25. The first kappa shape index (κ1) is 19.8. The van der Waals surface area contributed by atoms with Gasteiger partial charge in [-0.1, -0.05) is 12.1 Å². The van der Waals surface area contributed by atoms with Crippen LogP contribution in [0.2, 0.25) is 0 Å². The molecule has 0 unspecified atom stereocenters. The second-order valence-corrected chi connectivity index (χ2v) is 6.77. The van der Waals surface area contributed by atoms with Crippen molar-refractivity contribution in [1.29, 1.82) is 0 Å². The van der Waals surface area contributed by atoms with Crippen LogP contribution in [-0.2, 0) is 0 Å². The van der Waals surface area contributed by atoms with Crippen molar-refractivity contribution in [2.45, 2.75) is 26.6 Å². The minimum Gasteiger partial charge on any atom is -0.462 e. The van der Waals surface area contributed by atoms with Gasteiger partial charge in [0.1, 0.15) is 0 Å². The number of anilines is 1. The number of halogens is 4. The monoisotopic (exact) mass is 421 g/mol.